The highest BCUT2D eigenvalue weighted by Gasteiger charge is 2.44. The summed E-state index contributed by atoms with van der Waals surface area (Å²) in [5, 5.41) is 40.7. The summed E-state index contributed by atoms with van der Waals surface area (Å²) in [7, 11) is 0. The highest BCUT2D eigenvalue weighted by Crippen LogP contribution is 2.32. The molecule has 4 aromatic rings. The molecule has 4 unspecified atom stereocenters. The van der Waals surface area contributed by atoms with Crippen molar-refractivity contribution in [3.8, 4) is 0 Å². The molecule has 2 aromatic carbocycles. The molecular formula is C23H21N7O5. The zero-order valence-electron chi connectivity index (χ0n) is 18.2. The summed E-state index contributed by atoms with van der Waals surface area (Å²) >= 11 is 0. The number of amides is 1. The number of nitrogens with one attached hydrogen (secondary N) is 1. The molecule has 2 aromatic heterocycles. The molecule has 12 nitrogen and oxygen atoms in total. The zero-order chi connectivity index (χ0) is 24.4. The van der Waals surface area contributed by atoms with Gasteiger partial charge in [-0.1, -0.05) is 18.2 Å². The van der Waals surface area contributed by atoms with Gasteiger partial charge in [-0.25, -0.2) is 15.0 Å². The van der Waals surface area contributed by atoms with E-state index in [0.29, 0.717) is 11.3 Å². The Balaban J connectivity index is 1.33. The fourth-order valence-electron chi connectivity index (χ4n) is 3.71. The van der Waals surface area contributed by atoms with Gasteiger partial charge in [-0.15, -0.1) is 0 Å². The number of fused-ring (bicyclic) bond motifs is 1. The maximum Gasteiger partial charge on any atom is 0.256 e. The Morgan fingerprint density at radius 1 is 0.971 bits per heavy atom. The lowest BCUT2D eigenvalue weighted by Crippen LogP contribution is -2.33. The molecule has 1 saturated heterocycles. The minimum Gasteiger partial charge on any atom is -0.394 e. The monoisotopic (exact) mass is 475 g/mol. The fourth-order valence-corrected chi connectivity index (χ4v) is 3.71. The lowest BCUT2D eigenvalue weighted by molar-refractivity contribution is -0.0511. The van der Waals surface area contributed by atoms with Gasteiger partial charge in [-0.2, -0.15) is 10.2 Å². The van der Waals surface area contributed by atoms with E-state index in [0.717, 1.165) is 5.69 Å². The van der Waals surface area contributed by atoms with E-state index < -0.39 is 37.1 Å². The van der Waals surface area contributed by atoms with Gasteiger partial charge in [-0.05, 0) is 36.4 Å². The van der Waals surface area contributed by atoms with Gasteiger partial charge in [0.25, 0.3) is 5.91 Å². The predicted molar refractivity (Wildman–Crippen MR) is 123 cm³/mol. The highest BCUT2D eigenvalue weighted by atomic mass is 16.6. The summed E-state index contributed by atoms with van der Waals surface area (Å²) in [5.41, 5.74) is 2.23. The number of azo groups is 1. The molecule has 35 heavy (non-hydrogen) atoms. The number of benzene rings is 2. The van der Waals surface area contributed by atoms with Crippen molar-refractivity contribution >= 4 is 34.3 Å². The molecule has 0 bridgehead atoms. The molecule has 1 amide bonds. The van der Waals surface area contributed by atoms with Crippen molar-refractivity contribution in [1.82, 2.24) is 19.5 Å². The lowest BCUT2D eigenvalue weighted by Gasteiger charge is -2.16. The van der Waals surface area contributed by atoms with E-state index in [1.807, 2.05) is 30.3 Å². The van der Waals surface area contributed by atoms with Crippen LogP contribution in [-0.4, -0.2) is 65.7 Å². The third-order valence-corrected chi connectivity index (χ3v) is 5.55. The Kier molecular flexibility index (Phi) is 6.25. The molecule has 0 saturated carbocycles. The van der Waals surface area contributed by atoms with Crippen LogP contribution in [0.5, 0.6) is 0 Å². The molecule has 1 aliphatic rings. The zero-order valence-corrected chi connectivity index (χ0v) is 18.2. The van der Waals surface area contributed by atoms with Crippen molar-refractivity contribution in [2.45, 2.75) is 24.5 Å². The number of hydrogen-bond donors (Lipinski definition) is 4. The summed E-state index contributed by atoms with van der Waals surface area (Å²) in [6, 6.07) is 15.9. The SMILES string of the molecule is O=C(Nc1ncnc2c1ncn2C1OC(CO)C(O)C1O)c1ccc(N=Nc2ccccc2)cc1. The number of anilines is 1. The second kappa shape index (κ2) is 9.64. The molecule has 12 heteroatoms. The largest absolute Gasteiger partial charge is 0.394 e. The van der Waals surface area contributed by atoms with E-state index in [4.69, 9.17) is 4.74 Å². The molecule has 4 atom stereocenters. The van der Waals surface area contributed by atoms with Crippen LogP contribution < -0.4 is 5.32 Å². The third-order valence-electron chi connectivity index (χ3n) is 5.55. The predicted octanol–water partition coefficient (Wildman–Crippen LogP) is 2.11. The van der Waals surface area contributed by atoms with Crippen LogP contribution in [0.3, 0.4) is 0 Å². The second-order valence-electron chi connectivity index (χ2n) is 7.81. The van der Waals surface area contributed by atoms with Crippen molar-refractivity contribution < 1.29 is 24.9 Å². The average Bonchev–Trinajstić information content (AvgIpc) is 3.45. The second-order valence-corrected chi connectivity index (χ2v) is 7.81. The molecule has 0 radical (unpaired) electrons. The number of ether oxygens (including phenoxy) is 1. The van der Waals surface area contributed by atoms with Crippen LogP contribution in [-0.2, 0) is 4.74 Å². The van der Waals surface area contributed by atoms with Crippen molar-refractivity contribution in [2.24, 2.45) is 10.2 Å². The summed E-state index contributed by atoms with van der Waals surface area (Å²) in [6.07, 6.45) is -1.91. The smallest absolute Gasteiger partial charge is 0.256 e. The first-order valence-corrected chi connectivity index (χ1v) is 10.7. The Morgan fingerprint density at radius 2 is 1.69 bits per heavy atom. The molecule has 4 N–H and O–H groups in total. The number of rotatable bonds is 6. The normalized spacial score (nSPS) is 22.1. The Hall–Kier alpha value is -4.10. The number of carbonyl (C=O) groups excluding carboxylic acids is 1. The van der Waals surface area contributed by atoms with Crippen LogP contribution in [0, 0.1) is 0 Å². The van der Waals surface area contributed by atoms with Crippen molar-refractivity contribution in [3.63, 3.8) is 0 Å². The third kappa shape index (κ3) is 4.50. The van der Waals surface area contributed by atoms with Crippen LogP contribution in [0.1, 0.15) is 16.6 Å². The summed E-state index contributed by atoms with van der Waals surface area (Å²) in [6.45, 7) is -0.454. The number of hydrogen-bond acceptors (Lipinski definition) is 10. The van der Waals surface area contributed by atoms with Gasteiger partial charge >= 0.3 is 0 Å². The van der Waals surface area contributed by atoms with E-state index in [9.17, 15) is 20.1 Å². The van der Waals surface area contributed by atoms with Gasteiger partial charge in [0.1, 0.15) is 24.6 Å². The van der Waals surface area contributed by atoms with Gasteiger partial charge in [0.2, 0.25) is 0 Å². The molecule has 0 spiro atoms. The van der Waals surface area contributed by atoms with Gasteiger partial charge in [0, 0.05) is 5.56 Å². The van der Waals surface area contributed by atoms with E-state index in [1.165, 1.54) is 17.2 Å². The summed E-state index contributed by atoms with van der Waals surface area (Å²) in [5.74, 6) is -0.252. The van der Waals surface area contributed by atoms with E-state index in [2.05, 4.69) is 30.5 Å². The van der Waals surface area contributed by atoms with Crippen molar-refractivity contribution in [3.05, 3.63) is 72.8 Å². The number of carbonyl (C=O) groups is 1. The van der Waals surface area contributed by atoms with Crippen LogP contribution in [0.2, 0.25) is 0 Å². The molecule has 0 aliphatic carbocycles. The van der Waals surface area contributed by atoms with Crippen LogP contribution in [0.25, 0.3) is 11.2 Å². The maximum atomic E-state index is 12.8. The summed E-state index contributed by atoms with van der Waals surface area (Å²) < 4.78 is 6.97. The van der Waals surface area contributed by atoms with Crippen molar-refractivity contribution in [2.75, 3.05) is 11.9 Å². The van der Waals surface area contributed by atoms with Gasteiger partial charge in [0.05, 0.1) is 24.3 Å². The number of aliphatic hydroxyl groups excluding tert-OH is 3. The Morgan fingerprint density at radius 3 is 2.37 bits per heavy atom. The first-order chi connectivity index (χ1) is 17.0. The highest BCUT2D eigenvalue weighted by molar-refractivity contribution is 6.06. The van der Waals surface area contributed by atoms with Gasteiger partial charge in [-0.3, -0.25) is 9.36 Å². The van der Waals surface area contributed by atoms with E-state index >= 15 is 0 Å². The topological polar surface area (TPSA) is 167 Å². The standard InChI is InChI=1S/C23H21N7O5/c31-10-16-18(32)19(33)23(35-16)30-12-26-17-20(24-11-25-21(17)30)27-22(34)13-6-8-15(9-7-13)29-28-14-4-2-1-3-5-14/h1-9,11-12,16,18-19,23,31-33H,10H2,(H,24,25,27,34). The minimum absolute atomic E-state index is 0.165. The number of nitrogens with zero attached hydrogens (tertiary/aromatic N) is 6. The Labute approximate surface area is 198 Å². The first kappa shape index (κ1) is 22.7. The van der Waals surface area contributed by atoms with Crippen LogP contribution in [0.4, 0.5) is 17.2 Å². The van der Waals surface area contributed by atoms with E-state index in [1.54, 1.807) is 24.3 Å². The molecule has 1 aliphatic heterocycles. The Bertz CT molecular complexity index is 1360. The van der Waals surface area contributed by atoms with Crippen LogP contribution in [0.15, 0.2) is 77.5 Å². The van der Waals surface area contributed by atoms with E-state index in [-0.39, 0.29) is 17.0 Å². The molecule has 1 fully saturated rings. The maximum absolute atomic E-state index is 12.8. The number of imidazole rings is 1. The lowest BCUT2D eigenvalue weighted by atomic mass is 10.1. The van der Waals surface area contributed by atoms with Crippen molar-refractivity contribution in [1.29, 1.82) is 0 Å². The fraction of sp³-hybridized carbons (Fsp3) is 0.217. The molecular weight excluding hydrogens is 454 g/mol. The number of aromatic nitrogens is 4. The van der Waals surface area contributed by atoms with Gasteiger partial charge in [0.15, 0.2) is 23.2 Å². The minimum atomic E-state index is -1.30. The first-order valence-electron chi connectivity index (χ1n) is 10.7. The number of aliphatic hydroxyl groups is 3. The molecule has 5 rings (SSSR count). The summed E-state index contributed by atoms with van der Waals surface area (Å²) in [4.78, 5) is 25.3. The van der Waals surface area contributed by atoms with Crippen LogP contribution >= 0.6 is 0 Å². The quantitative estimate of drug-likeness (QED) is 0.308. The molecule has 3 heterocycles. The van der Waals surface area contributed by atoms with Gasteiger partial charge < -0.3 is 25.4 Å². The average molecular weight is 475 g/mol. The molecule has 178 valence electrons.